The third-order valence-corrected chi connectivity index (χ3v) is 4.21. The fourth-order valence-electron chi connectivity index (χ4n) is 2.79. The highest BCUT2D eigenvalue weighted by atomic mass is 19.3. The number of nitrogens with one attached hydrogen (secondary N) is 2. The van der Waals surface area contributed by atoms with Gasteiger partial charge in [-0.25, -0.2) is 9.78 Å². The molecule has 10 heteroatoms. The van der Waals surface area contributed by atoms with Crippen molar-refractivity contribution >= 4 is 11.7 Å². The van der Waals surface area contributed by atoms with Gasteiger partial charge in [0.2, 0.25) is 5.89 Å². The Hall–Kier alpha value is -3.82. The summed E-state index contributed by atoms with van der Waals surface area (Å²) in [6, 6.07) is 10.8. The number of fused-ring (bicyclic) bond motifs is 1. The number of methoxy groups -OCH3 is 1. The molecule has 8 nitrogen and oxygen atoms in total. The van der Waals surface area contributed by atoms with Crippen molar-refractivity contribution in [1.82, 2.24) is 10.3 Å². The van der Waals surface area contributed by atoms with Crippen LogP contribution >= 0.6 is 0 Å². The van der Waals surface area contributed by atoms with Crippen molar-refractivity contribution in [2.45, 2.75) is 12.7 Å². The number of benzene rings is 2. The molecule has 1 aliphatic heterocycles. The normalized spacial score (nSPS) is 13.7. The quantitative estimate of drug-likeness (QED) is 0.629. The second kappa shape index (κ2) is 7.90. The van der Waals surface area contributed by atoms with Crippen LogP contribution in [0.25, 0.3) is 11.5 Å². The number of urea groups is 1. The molecule has 2 aromatic carbocycles. The van der Waals surface area contributed by atoms with Crippen LogP contribution in [0.3, 0.4) is 0 Å². The molecule has 0 radical (unpaired) electrons. The van der Waals surface area contributed by atoms with E-state index in [1.54, 1.807) is 7.11 Å². The van der Waals surface area contributed by atoms with Crippen molar-refractivity contribution in [3.8, 4) is 28.7 Å². The molecule has 0 saturated heterocycles. The van der Waals surface area contributed by atoms with Gasteiger partial charge in [0.25, 0.3) is 0 Å². The van der Waals surface area contributed by atoms with Gasteiger partial charge in [0.05, 0.1) is 12.8 Å². The summed E-state index contributed by atoms with van der Waals surface area (Å²) in [5.41, 5.74) is 1.77. The lowest BCUT2D eigenvalue weighted by Gasteiger charge is -2.07. The van der Waals surface area contributed by atoms with Crippen molar-refractivity contribution in [3.05, 3.63) is 54.4 Å². The number of aromatic nitrogens is 1. The van der Waals surface area contributed by atoms with Crippen molar-refractivity contribution in [3.63, 3.8) is 0 Å². The fourth-order valence-corrected chi connectivity index (χ4v) is 2.79. The number of hydrogen-bond acceptors (Lipinski definition) is 6. The van der Waals surface area contributed by atoms with E-state index in [2.05, 4.69) is 25.1 Å². The second-order valence-corrected chi connectivity index (χ2v) is 6.33. The summed E-state index contributed by atoms with van der Waals surface area (Å²) in [4.78, 5) is 16.4. The third-order valence-electron chi connectivity index (χ3n) is 4.21. The zero-order valence-electron chi connectivity index (χ0n) is 15.8. The van der Waals surface area contributed by atoms with Crippen molar-refractivity contribution < 1.29 is 32.2 Å². The molecule has 0 bridgehead atoms. The van der Waals surface area contributed by atoms with Gasteiger partial charge in [-0.15, -0.1) is 8.78 Å². The Kier molecular flexibility index (Phi) is 5.13. The zero-order chi connectivity index (χ0) is 21.1. The van der Waals surface area contributed by atoms with Crippen molar-refractivity contribution in [2.75, 3.05) is 19.0 Å². The van der Waals surface area contributed by atoms with Crippen LogP contribution in [0.1, 0.15) is 5.69 Å². The molecule has 156 valence electrons. The van der Waals surface area contributed by atoms with Crippen LogP contribution in [0.5, 0.6) is 17.2 Å². The second-order valence-electron chi connectivity index (χ2n) is 6.33. The number of oxazole rings is 1. The standard InChI is InChI=1S/C20H17F2N3O5/c1-27-15-5-2-12(3-6-15)18-24-14(11-28-18)8-9-23-19(26)25-13-4-7-16-17(10-13)30-20(21,22)29-16/h2-7,10-11H,8-9H2,1H3,(H2,23,25,26). The Bertz CT molecular complexity index is 1050. The first-order chi connectivity index (χ1) is 14.4. The number of rotatable bonds is 6. The van der Waals surface area contributed by atoms with Crippen LogP contribution < -0.4 is 24.8 Å². The van der Waals surface area contributed by atoms with Crippen LogP contribution in [0.2, 0.25) is 0 Å². The lowest BCUT2D eigenvalue weighted by Crippen LogP contribution is -2.30. The Balaban J connectivity index is 1.27. The van der Waals surface area contributed by atoms with Crippen LogP contribution in [0.15, 0.2) is 53.1 Å². The number of ether oxygens (including phenoxy) is 3. The summed E-state index contributed by atoms with van der Waals surface area (Å²) in [6.07, 6.45) is -1.73. The van der Waals surface area contributed by atoms with Crippen molar-refractivity contribution in [1.29, 1.82) is 0 Å². The molecule has 4 rings (SSSR count). The largest absolute Gasteiger partial charge is 0.586 e. The minimum Gasteiger partial charge on any atom is -0.497 e. The van der Waals surface area contributed by atoms with Crippen LogP contribution in [0, 0.1) is 0 Å². The number of amides is 2. The highest BCUT2D eigenvalue weighted by molar-refractivity contribution is 5.89. The zero-order valence-corrected chi connectivity index (χ0v) is 15.8. The highest BCUT2D eigenvalue weighted by Gasteiger charge is 2.43. The molecule has 0 atom stereocenters. The predicted molar refractivity (Wildman–Crippen MR) is 102 cm³/mol. The van der Waals surface area contributed by atoms with E-state index in [4.69, 9.17) is 9.15 Å². The Morgan fingerprint density at radius 1 is 1.13 bits per heavy atom. The van der Waals surface area contributed by atoms with E-state index in [1.165, 1.54) is 24.5 Å². The van der Waals surface area contributed by atoms with Gasteiger partial charge < -0.3 is 29.3 Å². The minimum atomic E-state index is -3.70. The predicted octanol–water partition coefficient (Wildman–Crippen LogP) is 4.04. The fraction of sp³-hybridized carbons (Fsp3) is 0.200. The average Bonchev–Trinajstić information content (AvgIpc) is 3.30. The molecule has 2 heterocycles. The number of carbonyl (C=O) groups excluding carboxylic acids is 1. The molecular formula is C20H17F2N3O5. The summed E-state index contributed by atoms with van der Waals surface area (Å²) in [5.74, 6) is 0.960. The van der Waals surface area contributed by atoms with E-state index in [9.17, 15) is 13.6 Å². The smallest absolute Gasteiger partial charge is 0.497 e. The maximum atomic E-state index is 13.0. The van der Waals surface area contributed by atoms with E-state index in [1.807, 2.05) is 24.3 Å². The van der Waals surface area contributed by atoms with Crippen LogP contribution in [0.4, 0.5) is 19.3 Å². The molecule has 3 aromatic rings. The van der Waals surface area contributed by atoms with Crippen LogP contribution in [-0.2, 0) is 6.42 Å². The number of hydrogen-bond donors (Lipinski definition) is 2. The van der Waals surface area contributed by atoms with Gasteiger partial charge in [-0.05, 0) is 36.4 Å². The lowest BCUT2D eigenvalue weighted by atomic mass is 10.2. The topological polar surface area (TPSA) is 94.9 Å². The molecule has 2 amide bonds. The molecular weight excluding hydrogens is 400 g/mol. The summed E-state index contributed by atoms with van der Waals surface area (Å²) in [6.45, 7) is 0.295. The SMILES string of the molecule is COc1ccc(-c2nc(CCNC(=O)Nc3ccc4c(c3)OC(F)(F)O4)co2)cc1. The maximum Gasteiger partial charge on any atom is 0.586 e. The van der Waals surface area contributed by atoms with Gasteiger partial charge in [-0.3, -0.25) is 0 Å². The molecule has 1 aliphatic rings. The van der Waals surface area contributed by atoms with E-state index in [0.29, 0.717) is 24.6 Å². The Morgan fingerprint density at radius 3 is 2.67 bits per heavy atom. The number of carbonyl (C=O) groups is 1. The lowest BCUT2D eigenvalue weighted by molar-refractivity contribution is -0.286. The van der Waals surface area contributed by atoms with Gasteiger partial charge in [0.1, 0.15) is 12.0 Å². The summed E-state index contributed by atoms with van der Waals surface area (Å²) in [7, 11) is 1.59. The van der Waals surface area contributed by atoms with Gasteiger partial charge in [-0.1, -0.05) is 0 Å². The molecule has 1 aromatic heterocycles. The first-order valence-electron chi connectivity index (χ1n) is 8.95. The first-order valence-corrected chi connectivity index (χ1v) is 8.95. The maximum absolute atomic E-state index is 13.0. The van der Waals surface area contributed by atoms with E-state index in [-0.39, 0.29) is 17.2 Å². The summed E-state index contributed by atoms with van der Waals surface area (Å²) < 4.78 is 45.3. The molecule has 0 unspecified atom stereocenters. The van der Waals surface area contributed by atoms with Crippen LogP contribution in [-0.4, -0.2) is 31.0 Å². The van der Waals surface area contributed by atoms with Crippen molar-refractivity contribution in [2.24, 2.45) is 0 Å². The Labute approximate surface area is 169 Å². The molecule has 0 spiro atoms. The molecule has 2 N–H and O–H groups in total. The molecule has 0 aliphatic carbocycles. The van der Waals surface area contributed by atoms with E-state index < -0.39 is 12.3 Å². The molecule has 30 heavy (non-hydrogen) atoms. The number of halogens is 2. The van der Waals surface area contributed by atoms with Gasteiger partial charge in [0.15, 0.2) is 11.5 Å². The number of anilines is 1. The van der Waals surface area contributed by atoms with E-state index >= 15 is 0 Å². The van der Waals surface area contributed by atoms with E-state index in [0.717, 1.165) is 11.3 Å². The molecule has 0 fully saturated rings. The summed E-state index contributed by atoms with van der Waals surface area (Å²) >= 11 is 0. The minimum absolute atomic E-state index is 0.0929. The molecule has 0 saturated carbocycles. The average molecular weight is 417 g/mol. The third kappa shape index (κ3) is 4.43. The van der Waals surface area contributed by atoms with Gasteiger partial charge in [0, 0.05) is 30.3 Å². The highest BCUT2D eigenvalue weighted by Crippen LogP contribution is 2.42. The monoisotopic (exact) mass is 417 g/mol. The van der Waals surface area contributed by atoms with Gasteiger partial charge >= 0.3 is 12.3 Å². The summed E-state index contributed by atoms with van der Waals surface area (Å²) in [5, 5.41) is 5.20. The van der Waals surface area contributed by atoms with Gasteiger partial charge in [-0.2, -0.15) is 0 Å². The number of nitrogens with zero attached hydrogens (tertiary/aromatic N) is 1. The Morgan fingerprint density at radius 2 is 1.90 bits per heavy atom. The first kappa shape index (κ1) is 19.5. The number of alkyl halides is 2.